The van der Waals surface area contributed by atoms with Gasteiger partial charge in [-0.15, -0.1) is 0 Å². The molecule has 0 aromatic carbocycles. The lowest BCUT2D eigenvalue weighted by atomic mass is 10.0. The van der Waals surface area contributed by atoms with Crippen LogP contribution in [0.1, 0.15) is 13.8 Å². The van der Waals surface area contributed by atoms with Crippen LogP contribution >= 0.6 is 0 Å². The molecule has 0 aromatic heterocycles. The van der Waals surface area contributed by atoms with Crippen LogP contribution in [0.4, 0.5) is 0 Å². The molecular formula is C12H25N3O. The average Bonchev–Trinajstić information content (AvgIpc) is 2.27. The van der Waals surface area contributed by atoms with Crippen molar-refractivity contribution >= 4 is 5.78 Å². The van der Waals surface area contributed by atoms with Crippen LogP contribution < -0.4 is 5.32 Å². The third kappa shape index (κ3) is 3.85. The lowest BCUT2D eigenvalue weighted by Crippen LogP contribution is -2.52. The first-order valence-electron chi connectivity index (χ1n) is 6.16. The van der Waals surface area contributed by atoms with Crippen molar-refractivity contribution in [2.75, 3.05) is 46.8 Å². The van der Waals surface area contributed by atoms with Crippen molar-refractivity contribution < 1.29 is 4.79 Å². The van der Waals surface area contributed by atoms with Crippen molar-refractivity contribution in [3.05, 3.63) is 0 Å². The van der Waals surface area contributed by atoms with Crippen LogP contribution in [0.5, 0.6) is 0 Å². The smallest absolute Gasteiger partial charge is 0.153 e. The lowest BCUT2D eigenvalue weighted by Gasteiger charge is -2.34. The van der Waals surface area contributed by atoms with Crippen LogP contribution in [0.15, 0.2) is 0 Å². The van der Waals surface area contributed by atoms with Crippen LogP contribution in [0.2, 0.25) is 0 Å². The number of hydrogen-bond acceptors (Lipinski definition) is 4. The minimum absolute atomic E-state index is 0.0107. The molecule has 1 unspecified atom stereocenters. The Bertz CT molecular complexity index is 222. The van der Waals surface area contributed by atoms with Gasteiger partial charge < -0.3 is 10.2 Å². The summed E-state index contributed by atoms with van der Waals surface area (Å²) in [4.78, 5) is 16.6. The SMILES string of the molecule is CNC(CN1CCN(C)CC1)C(=O)C(C)C. The van der Waals surface area contributed by atoms with Crippen LogP contribution in [0.3, 0.4) is 0 Å². The van der Waals surface area contributed by atoms with E-state index in [1.165, 1.54) is 0 Å². The summed E-state index contributed by atoms with van der Waals surface area (Å²) >= 11 is 0. The first kappa shape index (κ1) is 13.6. The second-order valence-electron chi connectivity index (χ2n) is 5.00. The number of nitrogens with one attached hydrogen (secondary N) is 1. The van der Waals surface area contributed by atoms with E-state index in [9.17, 15) is 4.79 Å². The lowest BCUT2D eigenvalue weighted by molar-refractivity contribution is -0.124. The normalized spacial score (nSPS) is 21.3. The number of carbonyl (C=O) groups excluding carboxylic acids is 1. The minimum atomic E-state index is -0.0107. The predicted octanol–water partition coefficient (Wildman–Crippen LogP) is 0.0469. The standard InChI is InChI=1S/C12H25N3O/c1-10(2)12(16)11(13-3)9-15-7-5-14(4)6-8-15/h10-11,13H,5-9H2,1-4H3. The topological polar surface area (TPSA) is 35.6 Å². The molecule has 0 radical (unpaired) electrons. The molecule has 1 heterocycles. The fraction of sp³-hybridized carbons (Fsp3) is 0.917. The Hall–Kier alpha value is -0.450. The van der Waals surface area contributed by atoms with Crippen molar-refractivity contribution in [3.8, 4) is 0 Å². The fourth-order valence-corrected chi connectivity index (χ4v) is 2.01. The summed E-state index contributed by atoms with van der Waals surface area (Å²) in [6.07, 6.45) is 0. The van der Waals surface area contributed by atoms with E-state index in [4.69, 9.17) is 0 Å². The molecular weight excluding hydrogens is 202 g/mol. The second kappa shape index (κ2) is 6.33. The van der Waals surface area contributed by atoms with Gasteiger partial charge in [0.1, 0.15) is 0 Å². The summed E-state index contributed by atoms with van der Waals surface area (Å²) in [7, 11) is 4.02. The molecule has 0 aliphatic carbocycles. The minimum Gasteiger partial charge on any atom is -0.309 e. The van der Waals surface area contributed by atoms with Crippen molar-refractivity contribution in [1.82, 2.24) is 15.1 Å². The quantitative estimate of drug-likeness (QED) is 0.720. The number of likely N-dealkylation sites (N-methyl/N-ethyl adjacent to an activating group) is 2. The molecule has 1 N–H and O–H groups in total. The molecule has 1 aliphatic rings. The summed E-state index contributed by atoms with van der Waals surface area (Å²) in [6, 6.07) is -0.0107. The summed E-state index contributed by atoms with van der Waals surface area (Å²) in [6.45, 7) is 9.13. The Balaban J connectivity index is 2.41. The molecule has 0 saturated carbocycles. The molecule has 4 heteroatoms. The molecule has 1 fully saturated rings. The van der Waals surface area contributed by atoms with Crippen molar-refractivity contribution in [2.45, 2.75) is 19.9 Å². The van der Waals surface area contributed by atoms with Gasteiger partial charge in [0.25, 0.3) is 0 Å². The Morgan fingerprint density at radius 1 is 1.25 bits per heavy atom. The molecule has 16 heavy (non-hydrogen) atoms. The van der Waals surface area contributed by atoms with E-state index in [1.54, 1.807) is 0 Å². The van der Waals surface area contributed by atoms with E-state index in [-0.39, 0.29) is 12.0 Å². The molecule has 1 saturated heterocycles. The molecule has 1 aliphatic heterocycles. The van der Waals surface area contributed by atoms with Gasteiger partial charge in [0.2, 0.25) is 0 Å². The highest BCUT2D eigenvalue weighted by Gasteiger charge is 2.23. The fourth-order valence-electron chi connectivity index (χ4n) is 2.01. The Morgan fingerprint density at radius 2 is 1.81 bits per heavy atom. The third-order valence-electron chi connectivity index (χ3n) is 3.30. The number of piperazine rings is 1. The van der Waals surface area contributed by atoms with Gasteiger partial charge >= 0.3 is 0 Å². The maximum atomic E-state index is 11.9. The van der Waals surface area contributed by atoms with Gasteiger partial charge in [-0.3, -0.25) is 9.69 Å². The highest BCUT2D eigenvalue weighted by atomic mass is 16.1. The van der Waals surface area contributed by atoms with Crippen LogP contribution in [-0.4, -0.2) is 68.4 Å². The number of ketones is 1. The molecule has 0 bridgehead atoms. The molecule has 4 nitrogen and oxygen atoms in total. The summed E-state index contributed by atoms with van der Waals surface area (Å²) in [5.74, 6) is 0.436. The maximum absolute atomic E-state index is 11.9. The monoisotopic (exact) mass is 227 g/mol. The molecule has 1 rings (SSSR count). The zero-order valence-corrected chi connectivity index (χ0v) is 11.0. The Morgan fingerprint density at radius 3 is 2.25 bits per heavy atom. The number of Topliss-reactive ketones (excluding diaryl/α,β-unsaturated/α-hetero) is 1. The summed E-state index contributed by atoms with van der Waals surface area (Å²) < 4.78 is 0. The van der Waals surface area contributed by atoms with E-state index in [2.05, 4.69) is 22.2 Å². The third-order valence-corrected chi connectivity index (χ3v) is 3.30. The molecule has 0 spiro atoms. The Labute approximate surface area is 99.0 Å². The van der Waals surface area contributed by atoms with E-state index < -0.39 is 0 Å². The van der Waals surface area contributed by atoms with Gasteiger partial charge in [0.05, 0.1) is 6.04 Å². The Kier molecular flexibility index (Phi) is 5.38. The van der Waals surface area contributed by atoms with Gasteiger partial charge in [-0.1, -0.05) is 13.8 Å². The molecule has 1 atom stereocenters. The molecule has 0 amide bonds. The van der Waals surface area contributed by atoms with E-state index in [0.717, 1.165) is 32.7 Å². The first-order valence-corrected chi connectivity index (χ1v) is 6.16. The number of hydrogen-bond donors (Lipinski definition) is 1. The number of rotatable bonds is 5. The van der Waals surface area contributed by atoms with Gasteiger partial charge in [-0.25, -0.2) is 0 Å². The van der Waals surface area contributed by atoms with Gasteiger partial charge in [0.15, 0.2) is 5.78 Å². The number of carbonyl (C=O) groups is 1. The molecule has 94 valence electrons. The van der Waals surface area contributed by atoms with Crippen molar-refractivity contribution in [3.63, 3.8) is 0 Å². The largest absolute Gasteiger partial charge is 0.309 e. The van der Waals surface area contributed by atoms with E-state index in [0.29, 0.717) is 5.78 Å². The summed E-state index contributed by atoms with van der Waals surface area (Å²) in [5.41, 5.74) is 0. The van der Waals surface area contributed by atoms with Crippen LogP contribution in [-0.2, 0) is 4.79 Å². The predicted molar refractivity (Wildman–Crippen MR) is 66.6 cm³/mol. The van der Waals surface area contributed by atoms with Gasteiger partial charge in [-0.05, 0) is 14.1 Å². The molecule has 0 aromatic rings. The number of nitrogens with zero attached hydrogens (tertiary/aromatic N) is 2. The van der Waals surface area contributed by atoms with E-state index >= 15 is 0 Å². The van der Waals surface area contributed by atoms with Crippen molar-refractivity contribution in [1.29, 1.82) is 0 Å². The zero-order valence-electron chi connectivity index (χ0n) is 11.0. The van der Waals surface area contributed by atoms with Crippen molar-refractivity contribution in [2.24, 2.45) is 5.92 Å². The zero-order chi connectivity index (χ0) is 12.1. The second-order valence-corrected chi connectivity index (χ2v) is 5.00. The highest BCUT2D eigenvalue weighted by molar-refractivity contribution is 5.85. The maximum Gasteiger partial charge on any atom is 0.153 e. The summed E-state index contributed by atoms with van der Waals surface area (Å²) in [5, 5.41) is 3.14. The van der Waals surface area contributed by atoms with Gasteiger partial charge in [0, 0.05) is 38.6 Å². The van der Waals surface area contributed by atoms with Crippen LogP contribution in [0, 0.1) is 5.92 Å². The van der Waals surface area contributed by atoms with Crippen LogP contribution in [0.25, 0.3) is 0 Å². The first-order chi connectivity index (χ1) is 7.54. The van der Waals surface area contributed by atoms with Gasteiger partial charge in [-0.2, -0.15) is 0 Å². The van der Waals surface area contributed by atoms with E-state index in [1.807, 2.05) is 20.9 Å². The highest BCUT2D eigenvalue weighted by Crippen LogP contribution is 2.05. The average molecular weight is 227 g/mol.